The number of amidine groups is 2. The fraction of sp³-hybridized carbons (Fsp3) is 0.200. The zero-order chi connectivity index (χ0) is 22.6. The van der Waals surface area contributed by atoms with Gasteiger partial charge in [-0.3, -0.25) is 25.8 Å². The molecule has 0 fully saturated rings. The summed E-state index contributed by atoms with van der Waals surface area (Å²) in [6.45, 7) is 0.611. The molecular weight excluding hydrogens is 398 g/mol. The van der Waals surface area contributed by atoms with Crippen LogP contribution in [0.25, 0.3) is 0 Å². The summed E-state index contributed by atoms with van der Waals surface area (Å²) in [7, 11) is 0. The summed E-state index contributed by atoms with van der Waals surface area (Å²) in [5.41, 5.74) is 15.4. The fourth-order valence-corrected chi connectivity index (χ4v) is 2.34. The lowest BCUT2D eigenvalue weighted by atomic mass is 10.2. The van der Waals surface area contributed by atoms with Gasteiger partial charge < -0.3 is 22.1 Å². The minimum atomic E-state index is -0.256. The lowest BCUT2D eigenvalue weighted by Gasteiger charge is -2.05. The van der Waals surface area contributed by atoms with Crippen LogP contribution in [-0.2, 0) is 0 Å². The first-order valence-electron chi connectivity index (χ1n) is 9.44. The van der Waals surface area contributed by atoms with Gasteiger partial charge in [-0.15, -0.1) is 5.11 Å². The number of nitrogens with zero attached hydrogens (tertiary/aromatic N) is 2. The number of rotatable bonds is 11. The molecule has 9 N–H and O–H groups in total. The summed E-state index contributed by atoms with van der Waals surface area (Å²) in [5, 5.41) is 27.5. The molecule has 0 saturated heterocycles. The summed E-state index contributed by atoms with van der Waals surface area (Å²) in [4.78, 5) is 23.9. The van der Waals surface area contributed by atoms with Crippen LogP contribution in [0.2, 0.25) is 0 Å². The average Bonchev–Trinajstić information content (AvgIpc) is 2.74. The maximum Gasteiger partial charge on any atom is 0.251 e. The van der Waals surface area contributed by atoms with Gasteiger partial charge in [0.05, 0.1) is 23.0 Å². The Morgan fingerprint density at radius 3 is 1.68 bits per heavy atom. The van der Waals surface area contributed by atoms with E-state index in [1.807, 2.05) is 0 Å². The van der Waals surface area contributed by atoms with Crippen molar-refractivity contribution in [1.82, 2.24) is 10.6 Å². The summed E-state index contributed by atoms with van der Waals surface area (Å²) in [6.07, 6.45) is 0.604. The number of nitrogens with one attached hydrogen (secondary N) is 5. The average molecular weight is 423 g/mol. The standard InChI is InChI=1S/C20H25N9O2/c21-17(22)9-11-25-19(30)13-1-5-15(6-2-13)27-29-28-16-7-3-14(4-8-16)20(31)26-12-10-18(23)24/h1-8H,9-12H2,(H3,21,22)(H3,23,24)(H,25,30)(H,26,31)(H,27,28). The Morgan fingerprint density at radius 1 is 0.774 bits per heavy atom. The molecule has 0 spiro atoms. The van der Waals surface area contributed by atoms with E-state index < -0.39 is 0 Å². The second-order valence-corrected chi connectivity index (χ2v) is 6.50. The van der Waals surface area contributed by atoms with Gasteiger partial charge in [-0.1, -0.05) is 5.22 Å². The summed E-state index contributed by atoms with van der Waals surface area (Å²) < 4.78 is 0. The Labute approximate surface area is 179 Å². The van der Waals surface area contributed by atoms with Crippen LogP contribution >= 0.6 is 0 Å². The smallest absolute Gasteiger partial charge is 0.251 e. The molecule has 0 heterocycles. The highest BCUT2D eigenvalue weighted by atomic mass is 16.2. The molecular formula is C20H25N9O2. The summed E-state index contributed by atoms with van der Waals surface area (Å²) in [6, 6.07) is 13.2. The number of amides is 2. The normalized spacial score (nSPS) is 10.5. The Morgan fingerprint density at radius 2 is 1.23 bits per heavy atom. The molecule has 0 saturated carbocycles. The molecule has 0 radical (unpaired) electrons. The van der Waals surface area contributed by atoms with E-state index in [2.05, 4.69) is 26.4 Å². The van der Waals surface area contributed by atoms with E-state index in [-0.39, 0.29) is 23.5 Å². The number of nitrogens with two attached hydrogens (primary N) is 2. The molecule has 11 nitrogen and oxygen atoms in total. The zero-order valence-corrected chi connectivity index (χ0v) is 16.8. The molecule has 2 aromatic rings. The number of hydrogen-bond donors (Lipinski definition) is 7. The molecule has 162 valence electrons. The quantitative estimate of drug-likeness (QED) is 0.125. The Kier molecular flexibility index (Phi) is 8.65. The number of benzene rings is 2. The van der Waals surface area contributed by atoms with E-state index in [1.165, 1.54) is 0 Å². The summed E-state index contributed by atoms with van der Waals surface area (Å²) >= 11 is 0. The van der Waals surface area contributed by atoms with Gasteiger partial charge in [-0.25, -0.2) is 0 Å². The Bertz CT molecular complexity index is 954. The highest BCUT2D eigenvalue weighted by Crippen LogP contribution is 2.15. The van der Waals surface area contributed by atoms with Crippen LogP contribution in [-0.4, -0.2) is 36.6 Å². The molecule has 0 aliphatic rings. The highest BCUT2D eigenvalue weighted by molar-refractivity contribution is 5.95. The van der Waals surface area contributed by atoms with Crippen molar-refractivity contribution in [2.24, 2.45) is 21.8 Å². The van der Waals surface area contributed by atoms with Crippen LogP contribution in [0.4, 0.5) is 11.4 Å². The maximum absolute atomic E-state index is 12.0. The molecule has 2 aromatic carbocycles. The van der Waals surface area contributed by atoms with Crippen molar-refractivity contribution >= 4 is 34.9 Å². The first kappa shape index (κ1) is 23.0. The number of anilines is 1. The van der Waals surface area contributed by atoms with E-state index >= 15 is 0 Å². The molecule has 0 bridgehead atoms. The van der Waals surface area contributed by atoms with Crippen molar-refractivity contribution in [1.29, 1.82) is 10.8 Å². The van der Waals surface area contributed by atoms with Gasteiger partial charge in [-0.05, 0) is 48.5 Å². The van der Waals surface area contributed by atoms with Gasteiger partial charge in [0.25, 0.3) is 11.8 Å². The number of carbonyl (C=O) groups excluding carboxylic acids is 2. The molecule has 0 aliphatic carbocycles. The predicted octanol–water partition coefficient (Wildman–Crippen LogP) is 1.91. The van der Waals surface area contributed by atoms with Crippen LogP contribution in [0.1, 0.15) is 33.6 Å². The molecule has 11 heteroatoms. The minimum absolute atomic E-state index is 0.0196. The zero-order valence-electron chi connectivity index (χ0n) is 16.8. The minimum Gasteiger partial charge on any atom is -0.388 e. The number of carbonyl (C=O) groups is 2. The fourth-order valence-electron chi connectivity index (χ4n) is 2.34. The molecule has 0 aliphatic heterocycles. The van der Waals surface area contributed by atoms with Crippen LogP contribution in [0, 0.1) is 10.8 Å². The largest absolute Gasteiger partial charge is 0.388 e. The van der Waals surface area contributed by atoms with Gasteiger partial charge in [0, 0.05) is 37.1 Å². The first-order chi connectivity index (χ1) is 14.8. The maximum atomic E-state index is 12.0. The van der Waals surface area contributed by atoms with Crippen LogP contribution < -0.4 is 27.5 Å². The van der Waals surface area contributed by atoms with Gasteiger partial charge >= 0.3 is 0 Å². The predicted molar refractivity (Wildman–Crippen MR) is 119 cm³/mol. The lowest BCUT2D eigenvalue weighted by Crippen LogP contribution is -2.27. The van der Waals surface area contributed by atoms with E-state index in [0.29, 0.717) is 48.4 Å². The van der Waals surface area contributed by atoms with E-state index in [4.69, 9.17) is 22.3 Å². The van der Waals surface area contributed by atoms with E-state index in [0.717, 1.165) is 0 Å². The highest BCUT2D eigenvalue weighted by Gasteiger charge is 2.06. The Hall–Kier alpha value is -4.28. The third-order valence-corrected chi connectivity index (χ3v) is 3.98. The van der Waals surface area contributed by atoms with Crippen LogP contribution in [0.5, 0.6) is 0 Å². The van der Waals surface area contributed by atoms with E-state index in [9.17, 15) is 9.59 Å². The van der Waals surface area contributed by atoms with E-state index in [1.54, 1.807) is 48.5 Å². The molecule has 2 rings (SSSR count). The van der Waals surface area contributed by atoms with Gasteiger partial charge in [-0.2, -0.15) is 0 Å². The van der Waals surface area contributed by atoms with Crippen molar-refractivity contribution in [2.45, 2.75) is 12.8 Å². The second-order valence-electron chi connectivity index (χ2n) is 6.50. The molecule has 31 heavy (non-hydrogen) atoms. The Balaban J connectivity index is 1.82. The topological polar surface area (TPSA) is 195 Å². The second kappa shape index (κ2) is 11.7. The SMILES string of the molecule is N=C(N)CCNC(=O)c1ccc(N=NNc2ccc(C(=O)NCCC(=N)N)cc2)cc1. The van der Waals surface area contributed by atoms with Gasteiger partial charge in [0.2, 0.25) is 0 Å². The first-order valence-corrected chi connectivity index (χ1v) is 9.44. The summed E-state index contributed by atoms with van der Waals surface area (Å²) in [5.74, 6) is -0.466. The number of hydrogen-bond acceptors (Lipinski definition) is 6. The van der Waals surface area contributed by atoms with Crippen molar-refractivity contribution in [3.8, 4) is 0 Å². The monoisotopic (exact) mass is 423 g/mol. The van der Waals surface area contributed by atoms with Gasteiger partial charge in [0.15, 0.2) is 0 Å². The third kappa shape index (κ3) is 8.31. The van der Waals surface area contributed by atoms with Crippen molar-refractivity contribution in [3.05, 3.63) is 59.7 Å². The van der Waals surface area contributed by atoms with Crippen LogP contribution in [0.3, 0.4) is 0 Å². The third-order valence-electron chi connectivity index (χ3n) is 3.98. The van der Waals surface area contributed by atoms with Crippen LogP contribution in [0.15, 0.2) is 58.9 Å². The molecule has 0 atom stereocenters. The lowest BCUT2D eigenvalue weighted by molar-refractivity contribution is 0.0946. The van der Waals surface area contributed by atoms with Crippen molar-refractivity contribution < 1.29 is 9.59 Å². The van der Waals surface area contributed by atoms with Crippen molar-refractivity contribution in [2.75, 3.05) is 18.5 Å². The molecule has 0 unspecified atom stereocenters. The molecule has 2 amide bonds. The van der Waals surface area contributed by atoms with Crippen molar-refractivity contribution in [3.63, 3.8) is 0 Å². The van der Waals surface area contributed by atoms with Gasteiger partial charge in [0.1, 0.15) is 0 Å². The molecule has 0 aromatic heterocycles.